The highest BCUT2D eigenvalue weighted by atomic mass is 16.5. The minimum absolute atomic E-state index is 0.238. The molecule has 1 aliphatic rings. The van der Waals surface area contributed by atoms with E-state index in [1.54, 1.807) is 0 Å². The van der Waals surface area contributed by atoms with Gasteiger partial charge in [-0.15, -0.1) is 0 Å². The van der Waals surface area contributed by atoms with Gasteiger partial charge < -0.3 is 25.2 Å². The Morgan fingerprint density at radius 3 is 2.67 bits per heavy atom. The number of ether oxygens (including phenoxy) is 2. The first-order valence-electron chi connectivity index (χ1n) is 7.18. The molecule has 0 unspecified atom stereocenters. The van der Waals surface area contributed by atoms with Gasteiger partial charge in [0.25, 0.3) is 0 Å². The average Bonchev–Trinajstić information content (AvgIpc) is 2.51. The zero-order valence-electron chi connectivity index (χ0n) is 12.0. The fourth-order valence-electron chi connectivity index (χ4n) is 2.09. The molecule has 0 saturated carbocycles. The molecule has 116 valence electrons. The number of amides is 2. The maximum atomic E-state index is 11.6. The molecule has 2 rings (SSSR count). The molecule has 1 aromatic rings. The Labute approximate surface area is 124 Å². The van der Waals surface area contributed by atoms with Gasteiger partial charge in [-0.2, -0.15) is 0 Å². The second kappa shape index (κ2) is 7.85. The van der Waals surface area contributed by atoms with Crippen molar-refractivity contribution in [2.45, 2.75) is 18.4 Å². The number of para-hydroxylation sites is 1. The molecule has 21 heavy (non-hydrogen) atoms. The molecule has 6 heteroatoms. The molecule has 1 fully saturated rings. The predicted octanol–water partition coefficient (Wildman–Crippen LogP) is 0.906. The van der Waals surface area contributed by atoms with Crippen LogP contribution in [-0.4, -0.2) is 49.6 Å². The van der Waals surface area contributed by atoms with E-state index in [0.717, 1.165) is 5.75 Å². The van der Waals surface area contributed by atoms with Crippen LogP contribution in [0, 0.1) is 0 Å². The number of urea groups is 1. The van der Waals surface area contributed by atoms with Crippen LogP contribution in [0.5, 0.6) is 5.75 Å². The lowest BCUT2D eigenvalue weighted by Crippen LogP contribution is -2.49. The van der Waals surface area contributed by atoms with E-state index in [4.69, 9.17) is 9.47 Å². The highest BCUT2D eigenvalue weighted by molar-refractivity contribution is 5.73. The standard InChI is InChI=1S/C15H22N2O4/c18-14(17-12-15(19)6-9-20-10-7-15)16-8-11-21-13-4-2-1-3-5-13/h1-5,19H,6-12H2,(H2,16,17,18). The van der Waals surface area contributed by atoms with Crippen molar-refractivity contribution in [3.05, 3.63) is 30.3 Å². The van der Waals surface area contributed by atoms with Crippen LogP contribution in [-0.2, 0) is 4.74 Å². The Bertz CT molecular complexity index is 433. The van der Waals surface area contributed by atoms with E-state index in [2.05, 4.69) is 10.6 Å². The lowest BCUT2D eigenvalue weighted by Gasteiger charge is -2.32. The van der Waals surface area contributed by atoms with Gasteiger partial charge in [-0.25, -0.2) is 4.79 Å². The molecular weight excluding hydrogens is 272 g/mol. The number of hydrogen-bond acceptors (Lipinski definition) is 4. The first-order chi connectivity index (χ1) is 10.2. The largest absolute Gasteiger partial charge is 0.492 e. The smallest absolute Gasteiger partial charge is 0.315 e. The van der Waals surface area contributed by atoms with Gasteiger partial charge in [0, 0.05) is 32.6 Å². The van der Waals surface area contributed by atoms with Crippen molar-refractivity contribution in [1.29, 1.82) is 0 Å². The normalized spacial score (nSPS) is 17.0. The van der Waals surface area contributed by atoms with Crippen molar-refractivity contribution < 1.29 is 19.4 Å². The second-order valence-corrected chi connectivity index (χ2v) is 5.11. The molecule has 0 aromatic heterocycles. The maximum absolute atomic E-state index is 11.6. The zero-order chi connectivity index (χ0) is 15.0. The lowest BCUT2D eigenvalue weighted by atomic mass is 9.94. The predicted molar refractivity (Wildman–Crippen MR) is 78.3 cm³/mol. The van der Waals surface area contributed by atoms with Gasteiger partial charge in [0.1, 0.15) is 12.4 Å². The monoisotopic (exact) mass is 294 g/mol. The van der Waals surface area contributed by atoms with Crippen LogP contribution in [0.4, 0.5) is 4.79 Å². The Morgan fingerprint density at radius 2 is 1.95 bits per heavy atom. The van der Waals surface area contributed by atoms with Crippen LogP contribution in [0.1, 0.15) is 12.8 Å². The molecule has 6 nitrogen and oxygen atoms in total. The molecule has 0 bridgehead atoms. The van der Waals surface area contributed by atoms with Gasteiger partial charge in [-0.05, 0) is 12.1 Å². The van der Waals surface area contributed by atoms with Crippen LogP contribution >= 0.6 is 0 Å². The van der Waals surface area contributed by atoms with Gasteiger partial charge in [0.15, 0.2) is 0 Å². The molecule has 0 radical (unpaired) electrons. The highest BCUT2D eigenvalue weighted by Crippen LogP contribution is 2.19. The second-order valence-electron chi connectivity index (χ2n) is 5.11. The SMILES string of the molecule is O=C(NCCOc1ccccc1)NCC1(O)CCOCC1. The van der Waals surface area contributed by atoms with Crippen LogP contribution < -0.4 is 15.4 Å². The fraction of sp³-hybridized carbons (Fsp3) is 0.533. The molecule has 0 spiro atoms. The minimum Gasteiger partial charge on any atom is -0.492 e. The zero-order valence-corrected chi connectivity index (χ0v) is 12.0. The molecule has 0 atom stereocenters. The van der Waals surface area contributed by atoms with Crippen molar-refractivity contribution in [2.24, 2.45) is 0 Å². The third kappa shape index (κ3) is 5.61. The van der Waals surface area contributed by atoms with E-state index >= 15 is 0 Å². The lowest BCUT2D eigenvalue weighted by molar-refractivity contribution is -0.0600. The van der Waals surface area contributed by atoms with Crippen molar-refractivity contribution in [1.82, 2.24) is 10.6 Å². The highest BCUT2D eigenvalue weighted by Gasteiger charge is 2.29. The van der Waals surface area contributed by atoms with Crippen LogP contribution in [0.2, 0.25) is 0 Å². The molecule has 2 amide bonds. The summed E-state index contributed by atoms with van der Waals surface area (Å²) in [6.45, 7) is 2.11. The molecular formula is C15H22N2O4. The molecule has 0 aliphatic carbocycles. The summed E-state index contributed by atoms with van der Waals surface area (Å²) in [6, 6.07) is 9.13. The molecule has 1 aliphatic heterocycles. The summed E-state index contributed by atoms with van der Waals surface area (Å²) in [7, 11) is 0. The summed E-state index contributed by atoms with van der Waals surface area (Å²) in [5, 5.41) is 15.6. The Balaban J connectivity index is 1.57. The van der Waals surface area contributed by atoms with Gasteiger partial charge in [-0.3, -0.25) is 0 Å². The van der Waals surface area contributed by atoms with Gasteiger partial charge in [0.05, 0.1) is 12.1 Å². The Morgan fingerprint density at radius 1 is 1.24 bits per heavy atom. The number of rotatable bonds is 6. The van der Waals surface area contributed by atoms with E-state index in [1.165, 1.54) is 0 Å². The van der Waals surface area contributed by atoms with E-state index in [-0.39, 0.29) is 12.6 Å². The number of aliphatic hydroxyl groups is 1. The number of carbonyl (C=O) groups is 1. The Hall–Kier alpha value is -1.79. The summed E-state index contributed by atoms with van der Waals surface area (Å²) in [6.07, 6.45) is 1.09. The first kappa shape index (κ1) is 15.6. The topological polar surface area (TPSA) is 79.8 Å². The summed E-state index contributed by atoms with van der Waals surface area (Å²) in [5.41, 5.74) is -0.851. The van der Waals surface area contributed by atoms with Crippen molar-refractivity contribution in [3.63, 3.8) is 0 Å². The summed E-state index contributed by atoms with van der Waals surface area (Å²) in [5.74, 6) is 0.774. The van der Waals surface area contributed by atoms with Crippen molar-refractivity contribution in [2.75, 3.05) is 32.9 Å². The average molecular weight is 294 g/mol. The molecule has 1 heterocycles. The summed E-state index contributed by atoms with van der Waals surface area (Å²) < 4.78 is 10.7. The third-order valence-corrected chi connectivity index (χ3v) is 3.40. The van der Waals surface area contributed by atoms with Crippen molar-refractivity contribution >= 4 is 6.03 Å². The first-order valence-corrected chi connectivity index (χ1v) is 7.18. The van der Waals surface area contributed by atoms with E-state index < -0.39 is 5.60 Å². The molecule has 1 aromatic carbocycles. The summed E-state index contributed by atoms with van der Waals surface area (Å²) in [4.78, 5) is 11.6. The maximum Gasteiger partial charge on any atom is 0.315 e. The number of carbonyl (C=O) groups excluding carboxylic acids is 1. The Kier molecular flexibility index (Phi) is 5.83. The van der Waals surface area contributed by atoms with Gasteiger partial charge in [-0.1, -0.05) is 18.2 Å². The van der Waals surface area contributed by atoms with E-state index in [1.807, 2.05) is 30.3 Å². The fourth-order valence-corrected chi connectivity index (χ4v) is 2.09. The number of hydrogen-bond donors (Lipinski definition) is 3. The van der Waals surface area contributed by atoms with Gasteiger partial charge in [0.2, 0.25) is 0 Å². The molecule has 1 saturated heterocycles. The third-order valence-electron chi connectivity index (χ3n) is 3.40. The van der Waals surface area contributed by atoms with Gasteiger partial charge >= 0.3 is 6.03 Å². The summed E-state index contributed by atoms with van der Waals surface area (Å²) >= 11 is 0. The van der Waals surface area contributed by atoms with Crippen LogP contribution in [0.3, 0.4) is 0 Å². The van der Waals surface area contributed by atoms with E-state index in [0.29, 0.717) is 39.2 Å². The van der Waals surface area contributed by atoms with E-state index in [9.17, 15) is 9.90 Å². The number of nitrogens with one attached hydrogen (secondary N) is 2. The quantitative estimate of drug-likeness (QED) is 0.681. The van der Waals surface area contributed by atoms with Crippen LogP contribution in [0.15, 0.2) is 30.3 Å². The number of benzene rings is 1. The van der Waals surface area contributed by atoms with Crippen LogP contribution in [0.25, 0.3) is 0 Å². The minimum atomic E-state index is -0.851. The molecule has 3 N–H and O–H groups in total. The van der Waals surface area contributed by atoms with Crippen molar-refractivity contribution in [3.8, 4) is 5.75 Å².